The van der Waals surface area contributed by atoms with Crippen molar-refractivity contribution in [2.75, 3.05) is 12.8 Å². The fraction of sp³-hybridized carbons (Fsp3) is 0.600. The van der Waals surface area contributed by atoms with E-state index in [9.17, 15) is 4.79 Å². The molecule has 0 saturated heterocycles. The fourth-order valence-electron chi connectivity index (χ4n) is 1.22. The molecule has 1 rings (SSSR count). The van der Waals surface area contributed by atoms with Gasteiger partial charge in [0.2, 0.25) is 0 Å². The second-order valence-corrected chi connectivity index (χ2v) is 4.37. The van der Waals surface area contributed by atoms with Crippen molar-refractivity contribution in [2.24, 2.45) is 0 Å². The Morgan fingerprint density at radius 3 is 3.07 bits per heavy atom. The molecule has 0 aromatic carbocycles. The molecule has 2 N–H and O–H groups in total. The third-order valence-electron chi connectivity index (χ3n) is 1.79. The van der Waals surface area contributed by atoms with E-state index >= 15 is 0 Å². The maximum absolute atomic E-state index is 11.3. The third kappa shape index (κ3) is 4.48. The van der Waals surface area contributed by atoms with Crippen molar-refractivity contribution in [3.63, 3.8) is 0 Å². The topological polar surface area (TPSA) is 57.8 Å². The Balaban J connectivity index is 2.66. The molecule has 4 nitrogen and oxygen atoms in total. The zero-order valence-electron chi connectivity index (χ0n) is 9.17. The van der Waals surface area contributed by atoms with Crippen LogP contribution in [-0.2, 0) is 12.3 Å². The van der Waals surface area contributed by atoms with Gasteiger partial charge in [-0.1, -0.05) is 6.92 Å². The van der Waals surface area contributed by atoms with E-state index in [4.69, 9.17) is 0 Å². The van der Waals surface area contributed by atoms with Crippen molar-refractivity contribution in [1.82, 2.24) is 15.3 Å². The highest BCUT2D eigenvalue weighted by atomic mass is 32.2. The summed E-state index contributed by atoms with van der Waals surface area (Å²) in [7, 11) is 1.84. The van der Waals surface area contributed by atoms with Crippen LogP contribution < -0.4 is 10.9 Å². The molecular formula is C10H17N3OS. The summed E-state index contributed by atoms with van der Waals surface area (Å²) in [6, 6.07) is 1.53. The molecule has 0 amide bonds. The number of aromatic amines is 1. The van der Waals surface area contributed by atoms with E-state index in [1.54, 1.807) is 11.8 Å². The molecule has 0 radical (unpaired) electrons. The molecule has 0 fully saturated rings. The number of aromatic nitrogens is 2. The molecule has 0 aliphatic heterocycles. The van der Waals surface area contributed by atoms with Crippen molar-refractivity contribution < 1.29 is 0 Å². The smallest absolute Gasteiger partial charge is 0.251 e. The van der Waals surface area contributed by atoms with E-state index in [0.29, 0.717) is 6.54 Å². The monoisotopic (exact) mass is 227 g/mol. The second kappa shape index (κ2) is 6.63. The van der Waals surface area contributed by atoms with Crippen LogP contribution in [0.4, 0.5) is 0 Å². The molecule has 0 spiro atoms. The molecule has 15 heavy (non-hydrogen) atoms. The van der Waals surface area contributed by atoms with Gasteiger partial charge in [0.25, 0.3) is 5.56 Å². The highest BCUT2D eigenvalue weighted by Gasteiger charge is 2.00. The van der Waals surface area contributed by atoms with Gasteiger partial charge in [-0.15, -0.1) is 0 Å². The lowest BCUT2D eigenvalue weighted by molar-refractivity contribution is 0.773. The molecule has 0 aliphatic rings. The summed E-state index contributed by atoms with van der Waals surface area (Å²) in [5, 5.41) is 2.98. The van der Waals surface area contributed by atoms with E-state index in [1.165, 1.54) is 6.07 Å². The SMILES string of the molecule is CCCSCc1nc(CNC)cc(=O)[nH]1. The number of nitrogens with zero attached hydrogens (tertiary/aromatic N) is 1. The zero-order valence-corrected chi connectivity index (χ0v) is 9.99. The van der Waals surface area contributed by atoms with Gasteiger partial charge in [0, 0.05) is 12.6 Å². The van der Waals surface area contributed by atoms with Crippen LogP contribution in [-0.4, -0.2) is 22.8 Å². The molecular weight excluding hydrogens is 210 g/mol. The predicted octanol–water partition coefficient (Wildman–Crippen LogP) is 1.13. The number of H-pyrrole nitrogens is 1. The van der Waals surface area contributed by atoms with Gasteiger partial charge >= 0.3 is 0 Å². The number of hydrogen-bond donors (Lipinski definition) is 2. The molecule has 84 valence electrons. The first kappa shape index (κ1) is 12.3. The summed E-state index contributed by atoms with van der Waals surface area (Å²) in [4.78, 5) is 18.4. The molecule has 1 heterocycles. The summed E-state index contributed by atoms with van der Waals surface area (Å²) in [6.07, 6.45) is 1.14. The van der Waals surface area contributed by atoms with Gasteiger partial charge in [0.1, 0.15) is 5.82 Å². The van der Waals surface area contributed by atoms with E-state index < -0.39 is 0 Å². The number of thioether (sulfide) groups is 1. The van der Waals surface area contributed by atoms with Crippen LogP contribution in [0.25, 0.3) is 0 Å². The van der Waals surface area contributed by atoms with Gasteiger partial charge in [-0.2, -0.15) is 11.8 Å². The molecule has 0 saturated carbocycles. The van der Waals surface area contributed by atoms with Crippen molar-refractivity contribution in [1.29, 1.82) is 0 Å². The minimum atomic E-state index is -0.0673. The Labute approximate surface area is 93.9 Å². The van der Waals surface area contributed by atoms with Crippen LogP contribution in [0, 0.1) is 0 Å². The van der Waals surface area contributed by atoms with Gasteiger partial charge < -0.3 is 10.3 Å². The zero-order chi connectivity index (χ0) is 11.1. The third-order valence-corrected chi connectivity index (χ3v) is 2.96. The highest BCUT2D eigenvalue weighted by Crippen LogP contribution is 2.08. The van der Waals surface area contributed by atoms with Crippen LogP contribution in [0.2, 0.25) is 0 Å². The minimum Gasteiger partial charge on any atom is -0.314 e. The molecule has 0 unspecified atom stereocenters. The minimum absolute atomic E-state index is 0.0673. The molecule has 5 heteroatoms. The lowest BCUT2D eigenvalue weighted by Gasteiger charge is -2.03. The first-order valence-corrected chi connectivity index (χ1v) is 6.23. The average Bonchev–Trinajstić information content (AvgIpc) is 2.18. The maximum Gasteiger partial charge on any atom is 0.251 e. The Morgan fingerprint density at radius 2 is 2.40 bits per heavy atom. The lowest BCUT2D eigenvalue weighted by atomic mass is 10.4. The Bertz CT molecular complexity index is 351. The highest BCUT2D eigenvalue weighted by molar-refractivity contribution is 7.98. The van der Waals surface area contributed by atoms with E-state index in [2.05, 4.69) is 22.2 Å². The lowest BCUT2D eigenvalue weighted by Crippen LogP contribution is -2.16. The van der Waals surface area contributed by atoms with Gasteiger partial charge in [0.15, 0.2) is 0 Å². The summed E-state index contributed by atoms with van der Waals surface area (Å²) in [5.41, 5.74) is 0.732. The quantitative estimate of drug-likeness (QED) is 0.715. The molecule has 0 atom stereocenters. The van der Waals surface area contributed by atoms with Gasteiger partial charge in [-0.05, 0) is 19.2 Å². The Kier molecular flexibility index (Phi) is 5.42. The normalized spacial score (nSPS) is 10.5. The van der Waals surface area contributed by atoms with E-state index in [-0.39, 0.29) is 5.56 Å². The number of rotatable bonds is 6. The maximum atomic E-state index is 11.3. The van der Waals surface area contributed by atoms with Crippen molar-refractivity contribution in [3.05, 3.63) is 27.9 Å². The molecule has 1 aromatic rings. The number of nitrogens with one attached hydrogen (secondary N) is 2. The van der Waals surface area contributed by atoms with Gasteiger partial charge in [-0.25, -0.2) is 4.98 Å². The molecule has 0 bridgehead atoms. The fourth-order valence-corrected chi connectivity index (χ4v) is 1.98. The van der Waals surface area contributed by atoms with Gasteiger partial charge in [0.05, 0.1) is 11.4 Å². The Hall–Kier alpha value is -0.810. The molecule has 1 aromatic heterocycles. The summed E-state index contributed by atoms with van der Waals surface area (Å²) < 4.78 is 0. The largest absolute Gasteiger partial charge is 0.314 e. The van der Waals surface area contributed by atoms with E-state index in [0.717, 1.165) is 29.4 Å². The summed E-state index contributed by atoms with van der Waals surface area (Å²) >= 11 is 1.79. The second-order valence-electron chi connectivity index (χ2n) is 3.27. The van der Waals surface area contributed by atoms with Crippen molar-refractivity contribution >= 4 is 11.8 Å². The Morgan fingerprint density at radius 1 is 1.60 bits per heavy atom. The van der Waals surface area contributed by atoms with Gasteiger partial charge in [-0.3, -0.25) is 4.79 Å². The average molecular weight is 227 g/mol. The van der Waals surface area contributed by atoms with Crippen LogP contribution >= 0.6 is 11.8 Å². The van der Waals surface area contributed by atoms with Crippen LogP contribution in [0.3, 0.4) is 0 Å². The van der Waals surface area contributed by atoms with E-state index in [1.807, 2.05) is 7.05 Å². The first-order valence-electron chi connectivity index (χ1n) is 5.07. The standard InChI is InChI=1S/C10H17N3OS/c1-3-4-15-7-9-12-8(6-11-2)5-10(14)13-9/h5,11H,3-4,6-7H2,1-2H3,(H,12,13,14). The predicted molar refractivity (Wildman–Crippen MR) is 64.1 cm³/mol. The van der Waals surface area contributed by atoms with Crippen LogP contribution in [0.15, 0.2) is 10.9 Å². The number of hydrogen-bond acceptors (Lipinski definition) is 4. The van der Waals surface area contributed by atoms with Crippen molar-refractivity contribution in [2.45, 2.75) is 25.6 Å². The van der Waals surface area contributed by atoms with Crippen molar-refractivity contribution in [3.8, 4) is 0 Å². The van der Waals surface area contributed by atoms with Crippen LogP contribution in [0.5, 0.6) is 0 Å². The summed E-state index contributed by atoms with van der Waals surface area (Å²) in [5.74, 6) is 2.65. The van der Waals surface area contributed by atoms with Crippen LogP contribution in [0.1, 0.15) is 24.9 Å². The first-order chi connectivity index (χ1) is 7.26. The summed E-state index contributed by atoms with van der Waals surface area (Å²) in [6.45, 7) is 2.77. The molecule has 0 aliphatic carbocycles.